The number of nitrogens with two attached hydrogens (primary N) is 1. The summed E-state index contributed by atoms with van der Waals surface area (Å²) in [5.41, 5.74) is 3.68. The van der Waals surface area contributed by atoms with Crippen LogP contribution in [0.3, 0.4) is 0 Å². The van der Waals surface area contributed by atoms with Gasteiger partial charge in [-0.05, 0) is 20.3 Å². The van der Waals surface area contributed by atoms with Gasteiger partial charge in [0.15, 0.2) is 11.6 Å². The highest BCUT2D eigenvalue weighted by Gasteiger charge is 2.51. The Morgan fingerprint density at radius 2 is 1.29 bits per heavy atom. The molecule has 0 saturated carbocycles. The number of unbranched alkanes of at least 4 members (excludes halogenated alkanes) is 9. The van der Waals surface area contributed by atoms with Gasteiger partial charge in [0.1, 0.15) is 0 Å². The van der Waals surface area contributed by atoms with E-state index in [1.165, 1.54) is 57.1 Å². The predicted octanol–water partition coefficient (Wildman–Crippen LogP) is 3.38. The molecule has 7 nitrogen and oxygen atoms in total. The van der Waals surface area contributed by atoms with E-state index in [4.69, 9.17) is 10.5 Å². The van der Waals surface area contributed by atoms with Gasteiger partial charge in [-0.1, -0.05) is 83.3 Å². The number of carbonyl (C=O) groups excluding carboxylic acids is 3. The summed E-state index contributed by atoms with van der Waals surface area (Å²) in [5, 5.41) is 20.5. The van der Waals surface area contributed by atoms with Gasteiger partial charge in [-0.3, -0.25) is 14.4 Å². The first-order chi connectivity index (χ1) is 14.6. The van der Waals surface area contributed by atoms with Crippen LogP contribution in [0, 0.1) is 0 Å². The van der Waals surface area contributed by atoms with Crippen LogP contribution in [-0.2, 0) is 19.1 Å². The molecule has 0 aliphatic rings. The van der Waals surface area contributed by atoms with Crippen molar-refractivity contribution < 1.29 is 29.3 Å². The van der Waals surface area contributed by atoms with Crippen molar-refractivity contribution in [3.8, 4) is 0 Å². The van der Waals surface area contributed by atoms with Crippen molar-refractivity contribution in [3.05, 3.63) is 12.2 Å². The second-order valence-electron chi connectivity index (χ2n) is 8.38. The lowest BCUT2D eigenvalue weighted by Gasteiger charge is -2.35. The van der Waals surface area contributed by atoms with Gasteiger partial charge in [-0.2, -0.15) is 0 Å². The fourth-order valence-corrected chi connectivity index (χ4v) is 3.70. The third-order valence-corrected chi connectivity index (χ3v) is 5.57. The number of carbonyl (C=O) groups is 3. The average molecular weight is 442 g/mol. The van der Waals surface area contributed by atoms with E-state index in [1.807, 2.05) is 0 Å². The number of rotatable bonds is 18. The largest absolute Gasteiger partial charge is 0.441 e. The minimum atomic E-state index is -2.25. The van der Waals surface area contributed by atoms with Crippen LogP contribution in [0.15, 0.2) is 12.2 Å². The number of aliphatic hydroxyl groups excluding tert-OH is 2. The molecule has 0 radical (unpaired) electrons. The molecule has 0 heterocycles. The molecule has 4 N–H and O–H groups in total. The molecule has 3 atom stereocenters. The summed E-state index contributed by atoms with van der Waals surface area (Å²) < 4.78 is 4.97. The van der Waals surface area contributed by atoms with E-state index in [2.05, 4.69) is 6.92 Å². The van der Waals surface area contributed by atoms with E-state index in [1.54, 1.807) is 0 Å². The minimum Gasteiger partial charge on any atom is -0.441 e. The summed E-state index contributed by atoms with van der Waals surface area (Å²) in [7, 11) is 0. The highest BCUT2D eigenvalue weighted by atomic mass is 16.6. The molecule has 0 spiro atoms. The van der Waals surface area contributed by atoms with E-state index in [0.717, 1.165) is 40.0 Å². The van der Waals surface area contributed by atoms with Crippen molar-refractivity contribution in [2.24, 2.45) is 5.73 Å². The second kappa shape index (κ2) is 16.1. The normalized spacial score (nSPS) is 14.9. The predicted molar refractivity (Wildman–Crippen MR) is 121 cm³/mol. The van der Waals surface area contributed by atoms with E-state index in [9.17, 15) is 24.6 Å². The Morgan fingerprint density at radius 1 is 0.839 bits per heavy atom. The maximum absolute atomic E-state index is 12.1. The molecule has 0 aromatic heterocycles. The van der Waals surface area contributed by atoms with E-state index < -0.39 is 41.4 Å². The van der Waals surface area contributed by atoms with Crippen molar-refractivity contribution >= 4 is 17.5 Å². The molecule has 0 fully saturated rings. The standard InChI is InChI=1S/C24H43NO6/c1-5-6-7-8-9-10-11-12-13-14-15-21(29)16-17-22(30)23(25)24(18(2)26,19(3)27)31-20(4)28/h16-17,21-23,29-30H,5-15,25H2,1-4H3. The van der Waals surface area contributed by atoms with Crippen LogP contribution in [0.25, 0.3) is 0 Å². The number of ketones is 2. The van der Waals surface area contributed by atoms with Gasteiger partial charge in [0.2, 0.25) is 5.60 Å². The second-order valence-corrected chi connectivity index (χ2v) is 8.38. The van der Waals surface area contributed by atoms with Crippen LogP contribution in [0.2, 0.25) is 0 Å². The smallest absolute Gasteiger partial charge is 0.304 e. The molecule has 0 aliphatic heterocycles. The number of aliphatic hydroxyl groups is 2. The first kappa shape index (κ1) is 29.4. The topological polar surface area (TPSA) is 127 Å². The number of hydrogen-bond donors (Lipinski definition) is 3. The Kier molecular flexibility index (Phi) is 15.3. The van der Waals surface area contributed by atoms with Crippen LogP contribution in [0.1, 0.15) is 98.3 Å². The number of hydrogen-bond acceptors (Lipinski definition) is 7. The van der Waals surface area contributed by atoms with Gasteiger partial charge in [0, 0.05) is 6.92 Å². The Labute approximate surface area is 187 Å². The molecule has 7 heteroatoms. The fourth-order valence-electron chi connectivity index (χ4n) is 3.70. The highest BCUT2D eigenvalue weighted by molar-refractivity contribution is 6.10. The van der Waals surface area contributed by atoms with Crippen LogP contribution in [0.4, 0.5) is 0 Å². The molecular weight excluding hydrogens is 398 g/mol. The van der Waals surface area contributed by atoms with Crippen LogP contribution < -0.4 is 5.73 Å². The lowest BCUT2D eigenvalue weighted by atomic mass is 9.83. The third-order valence-electron chi connectivity index (χ3n) is 5.57. The first-order valence-electron chi connectivity index (χ1n) is 11.6. The van der Waals surface area contributed by atoms with Crippen molar-refractivity contribution in [3.63, 3.8) is 0 Å². The zero-order valence-electron chi connectivity index (χ0n) is 19.8. The summed E-state index contributed by atoms with van der Waals surface area (Å²) in [6.45, 7) is 5.44. The van der Waals surface area contributed by atoms with E-state index in [0.29, 0.717) is 6.42 Å². The van der Waals surface area contributed by atoms with Crippen LogP contribution >= 0.6 is 0 Å². The summed E-state index contributed by atoms with van der Waals surface area (Å²) in [4.78, 5) is 35.6. The summed E-state index contributed by atoms with van der Waals surface area (Å²) in [6, 6.07) is -1.48. The van der Waals surface area contributed by atoms with Gasteiger partial charge in [0.05, 0.1) is 18.2 Å². The molecule has 0 saturated heterocycles. The fraction of sp³-hybridized carbons (Fsp3) is 0.792. The van der Waals surface area contributed by atoms with E-state index >= 15 is 0 Å². The number of esters is 1. The zero-order chi connectivity index (χ0) is 23.9. The van der Waals surface area contributed by atoms with Gasteiger partial charge in [0.25, 0.3) is 0 Å². The third kappa shape index (κ3) is 11.0. The Bertz CT molecular complexity index is 560. The van der Waals surface area contributed by atoms with E-state index in [-0.39, 0.29) is 0 Å². The van der Waals surface area contributed by atoms with Gasteiger partial charge in [-0.15, -0.1) is 0 Å². The van der Waals surface area contributed by atoms with Gasteiger partial charge < -0.3 is 20.7 Å². The molecule has 0 aliphatic carbocycles. The Morgan fingerprint density at radius 3 is 1.71 bits per heavy atom. The summed E-state index contributed by atoms with van der Waals surface area (Å²) >= 11 is 0. The lowest BCUT2D eigenvalue weighted by Crippen LogP contribution is -2.64. The molecule has 31 heavy (non-hydrogen) atoms. The SMILES string of the molecule is CCCCCCCCCCCCC(O)C=CC(O)C(N)C(OC(C)=O)(C(C)=O)C(C)=O. The molecule has 0 aromatic carbocycles. The summed E-state index contributed by atoms with van der Waals surface area (Å²) in [6.07, 6.45) is 13.0. The Hall–Kier alpha value is -1.57. The monoisotopic (exact) mass is 441 g/mol. The van der Waals surface area contributed by atoms with Crippen molar-refractivity contribution in [2.45, 2.75) is 122 Å². The lowest BCUT2D eigenvalue weighted by molar-refractivity contribution is -0.175. The van der Waals surface area contributed by atoms with Gasteiger partial charge >= 0.3 is 5.97 Å². The van der Waals surface area contributed by atoms with Crippen molar-refractivity contribution in [2.75, 3.05) is 0 Å². The molecule has 0 aromatic rings. The maximum Gasteiger partial charge on any atom is 0.304 e. The summed E-state index contributed by atoms with van der Waals surface area (Å²) in [5.74, 6) is -2.37. The quantitative estimate of drug-likeness (QED) is 0.129. The number of Topliss-reactive ketones (excluding diaryl/α,β-unsaturated/α-hetero) is 2. The van der Waals surface area contributed by atoms with Crippen molar-refractivity contribution in [1.29, 1.82) is 0 Å². The number of ether oxygens (including phenoxy) is 1. The van der Waals surface area contributed by atoms with Crippen LogP contribution in [-0.4, -0.2) is 51.6 Å². The highest BCUT2D eigenvalue weighted by Crippen LogP contribution is 2.22. The minimum absolute atomic E-state index is 0.545. The van der Waals surface area contributed by atoms with Gasteiger partial charge in [-0.25, -0.2) is 0 Å². The molecule has 0 amide bonds. The van der Waals surface area contributed by atoms with Crippen molar-refractivity contribution in [1.82, 2.24) is 0 Å². The maximum atomic E-state index is 12.1. The molecule has 3 unspecified atom stereocenters. The molecule has 0 rings (SSSR count). The Balaban J connectivity index is 4.45. The average Bonchev–Trinajstić information content (AvgIpc) is 2.70. The first-order valence-corrected chi connectivity index (χ1v) is 11.6. The molecule has 180 valence electrons. The van der Waals surface area contributed by atoms with Crippen LogP contribution in [0.5, 0.6) is 0 Å². The zero-order valence-corrected chi connectivity index (χ0v) is 19.8. The molecular formula is C24H43NO6. The molecule has 0 bridgehead atoms.